The van der Waals surface area contributed by atoms with Crippen molar-refractivity contribution >= 4 is 39.9 Å². The molecule has 2 aromatic heterocycles. The van der Waals surface area contributed by atoms with Crippen LogP contribution in [0.1, 0.15) is 37.2 Å². The molecule has 0 fully saturated rings. The van der Waals surface area contributed by atoms with Crippen LogP contribution in [0.15, 0.2) is 29.4 Å². The summed E-state index contributed by atoms with van der Waals surface area (Å²) in [6.07, 6.45) is 1.66. The number of oxime groups is 1. The van der Waals surface area contributed by atoms with E-state index in [-0.39, 0.29) is 17.8 Å². The number of nitrogens with one attached hydrogen (secondary N) is 1. The highest BCUT2D eigenvalue weighted by Gasteiger charge is 2.33. The monoisotopic (exact) mass is 329 g/mol. The number of aromatic nitrogens is 2. The predicted octanol–water partition coefficient (Wildman–Crippen LogP) is 4.60. The van der Waals surface area contributed by atoms with E-state index >= 15 is 0 Å². The van der Waals surface area contributed by atoms with Gasteiger partial charge in [0.05, 0.1) is 22.6 Å². The molecule has 0 saturated heterocycles. The van der Waals surface area contributed by atoms with E-state index in [1.807, 2.05) is 19.1 Å². The molecule has 0 atom stereocenters. The van der Waals surface area contributed by atoms with Gasteiger partial charge in [-0.15, -0.1) is 12.4 Å². The van der Waals surface area contributed by atoms with Crippen LogP contribution in [0.5, 0.6) is 0 Å². The smallest absolute Gasteiger partial charge is 0.0898 e. The molecule has 0 aliphatic heterocycles. The van der Waals surface area contributed by atoms with Gasteiger partial charge in [0, 0.05) is 21.9 Å². The lowest BCUT2D eigenvalue weighted by molar-refractivity contribution is 0.306. The minimum Gasteiger partial charge on any atom is -0.411 e. The van der Waals surface area contributed by atoms with Gasteiger partial charge in [-0.1, -0.05) is 37.2 Å². The van der Waals surface area contributed by atoms with Crippen LogP contribution in [-0.4, -0.2) is 20.9 Å². The molecule has 0 spiro atoms. The van der Waals surface area contributed by atoms with Gasteiger partial charge in [0.25, 0.3) is 0 Å². The molecular formula is C18H20ClN3O. The number of pyridine rings is 1. The second-order valence-electron chi connectivity index (χ2n) is 7.00. The predicted molar refractivity (Wildman–Crippen MR) is 96.0 cm³/mol. The number of benzene rings is 1. The number of aromatic amines is 1. The molecule has 23 heavy (non-hydrogen) atoms. The lowest BCUT2D eigenvalue weighted by atomic mass is 9.74. The molecule has 1 aliphatic rings. The van der Waals surface area contributed by atoms with E-state index in [0.717, 1.165) is 51.9 Å². The van der Waals surface area contributed by atoms with E-state index in [2.05, 4.69) is 36.1 Å². The number of para-hydroxylation sites is 1. The number of fused-ring (bicyclic) bond motifs is 5. The number of halogens is 1. The van der Waals surface area contributed by atoms with E-state index in [0.29, 0.717) is 0 Å². The summed E-state index contributed by atoms with van der Waals surface area (Å²) in [5, 5.41) is 15.5. The summed E-state index contributed by atoms with van der Waals surface area (Å²) in [6.45, 7) is 6.42. The SMILES string of the molecule is Cc1nc2c(c3c1[nH]c1ccccc13)/C(=N/O)CC(C)(C)C2.Cl. The molecule has 2 N–H and O–H groups in total. The zero-order valence-electron chi connectivity index (χ0n) is 13.5. The van der Waals surface area contributed by atoms with Crippen molar-refractivity contribution in [3.8, 4) is 0 Å². The van der Waals surface area contributed by atoms with Crippen LogP contribution in [0.4, 0.5) is 0 Å². The topological polar surface area (TPSA) is 61.3 Å². The Balaban J connectivity index is 0.00000156. The molecule has 0 bridgehead atoms. The van der Waals surface area contributed by atoms with Gasteiger partial charge in [0.1, 0.15) is 0 Å². The summed E-state index contributed by atoms with van der Waals surface area (Å²) in [7, 11) is 0. The molecule has 1 aromatic carbocycles. The van der Waals surface area contributed by atoms with Crippen LogP contribution in [-0.2, 0) is 6.42 Å². The van der Waals surface area contributed by atoms with Crippen molar-refractivity contribution in [1.29, 1.82) is 0 Å². The minimum absolute atomic E-state index is 0. The molecule has 0 saturated carbocycles. The third kappa shape index (κ3) is 2.29. The van der Waals surface area contributed by atoms with Crippen molar-refractivity contribution in [2.75, 3.05) is 0 Å². The second-order valence-corrected chi connectivity index (χ2v) is 7.00. The molecule has 4 rings (SSSR count). The largest absolute Gasteiger partial charge is 0.411 e. The summed E-state index contributed by atoms with van der Waals surface area (Å²) in [4.78, 5) is 8.27. The molecule has 2 heterocycles. The quantitative estimate of drug-likeness (QED) is 0.468. The van der Waals surface area contributed by atoms with Crippen LogP contribution >= 0.6 is 12.4 Å². The number of nitrogens with zero attached hydrogens (tertiary/aromatic N) is 2. The van der Waals surface area contributed by atoms with Crippen molar-refractivity contribution in [2.24, 2.45) is 10.6 Å². The fourth-order valence-electron chi connectivity index (χ4n) is 3.71. The van der Waals surface area contributed by atoms with E-state index in [1.165, 1.54) is 5.39 Å². The number of hydrogen-bond acceptors (Lipinski definition) is 3. The third-order valence-electron chi connectivity index (χ3n) is 4.61. The molecule has 1 aliphatic carbocycles. The van der Waals surface area contributed by atoms with Gasteiger partial charge in [-0.2, -0.15) is 0 Å². The maximum atomic E-state index is 9.56. The third-order valence-corrected chi connectivity index (χ3v) is 4.61. The Bertz CT molecular complexity index is 940. The molecule has 0 amide bonds. The Kier molecular flexibility index (Phi) is 3.60. The highest BCUT2D eigenvalue weighted by atomic mass is 35.5. The molecule has 0 unspecified atom stereocenters. The number of rotatable bonds is 0. The fourth-order valence-corrected chi connectivity index (χ4v) is 3.71. The van der Waals surface area contributed by atoms with Crippen molar-refractivity contribution in [2.45, 2.75) is 33.6 Å². The first-order valence-electron chi connectivity index (χ1n) is 7.61. The van der Waals surface area contributed by atoms with Crippen LogP contribution in [0.2, 0.25) is 0 Å². The van der Waals surface area contributed by atoms with Crippen LogP contribution in [0, 0.1) is 12.3 Å². The van der Waals surface area contributed by atoms with Gasteiger partial charge < -0.3 is 10.2 Å². The highest BCUT2D eigenvalue weighted by molar-refractivity contribution is 6.20. The summed E-state index contributed by atoms with van der Waals surface area (Å²) in [5.41, 5.74) is 6.00. The molecule has 0 radical (unpaired) electrons. The van der Waals surface area contributed by atoms with E-state index in [9.17, 15) is 5.21 Å². The average Bonchev–Trinajstić information content (AvgIpc) is 2.85. The van der Waals surface area contributed by atoms with Gasteiger partial charge in [0.15, 0.2) is 0 Å². The Morgan fingerprint density at radius 1 is 1.22 bits per heavy atom. The van der Waals surface area contributed by atoms with Crippen LogP contribution in [0.25, 0.3) is 21.8 Å². The first kappa shape index (κ1) is 15.8. The Labute approximate surface area is 141 Å². The van der Waals surface area contributed by atoms with E-state index in [1.54, 1.807) is 0 Å². The zero-order chi connectivity index (χ0) is 15.5. The molecule has 120 valence electrons. The van der Waals surface area contributed by atoms with Crippen LogP contribution in [0.3, 0.4) is 0 Å². The Morgan fingerprint density at radius 2 is 1.96 bits per heavy atom. The van der Waals surface area contributed by atoms with Gasteiger partial charge in [-0.25, -0.2) is 0 Å². The maximum Gasteiger partial charge on any atom is 0.0898 e. The molecular weight excluding hydrogens is 310 g/mol. The summed E-state index contributed by atoms with van der Waals surface area (Å²) < 4.78 is 0. The Hall–Kier alpha value is -2.07. The maximum absolute atomic E-state index is 9.56. The summed E-state index contributed by atoms with van der Waals surface area (Å²) >= 11 is 0. The van der Waals surface area contributed by atoms with Gasteiger partial charge in [-0.05, 0) is 31.2 Å². The lowest BCUT2D eigenvalue weighted by Gasteiger charge is -2.31. The standard InChI is InChI=1S/C18H19N3O.ClH/c1-10-17-15(11-6-4-5-7-12(11)20-17)16-13(19-10)8-18(2,3)9-14(16)21-22;/h4-7,20,22H,8-9H2,1-3H3;1H/b21-14+;. The lowest BCUT2D eigenvalue weighted by Crippen LogP contribution is -2.29. The van der Waals surface area contributed by atoms with Crippen LogP contribution < -0.4 is 0 Å². The number of hydrogen-bond donors (Lipinski definition) is 2. The average molecular weight is 330 g/mol. The van der Waals surface area contributed by atoms with E-state index in [4.69, 9.17) is 4.98 Å². The Morgan fingerprint density at radius 3 is 2.70 bits per heavy atom. The molecule has 5 heteroatoms. The second kappa shape index (κ2) is 5.24. The minimum atomic E-state index is 0. The van der Waals surface area contributed by atoms with Gasteiger partial charge >= 0.3 is 0 Å². The van der Waals surface area contributed by atoms with E-state index < -0.39 is 0 Å². The number of aryl methyl sites for hydroxylation is 1. The van der Waals surface area contributed by atoms with Crippen molar-refractivity contribution in [3.05, 3.63) is 41.2 Å². The summed E-state index contributed by atoms with van der Waals surface area (Å²) in [5.74, 6) is 0. The van der Waals surface area contributed by atoms with Gasteiger partial charge in [0.2, 0.25) is 0 Å². The highest BCUT2D eigenvalue weighted by Crippen LogP contribution is 2.40. The zero-order valence-corrected chi connectivity index (χ0v) is 14.3. The van der Waals surface area contributed by atoms with Crippen molar-refractivity contribution < 1.29 is 5.21 Å². The first-order valence-corrected chi connectivity index (χ1v) is 7.61. The molecule has 3 aromatic rings. The fraction of sp³-hybridized carbons (Fsp3) is 0.333. The van der Waals surface area contributed by atoms with Crippen molar-refractivity contribution in [1.82, 2.24) is 9.97 Å². The first-order chi connectivity index (χ1) is 10.5. The normalized spacial score (nSPS) is 18.1. The molecule has 4 nitrogen and oxygen atoms in total. The van der Waals surface area contributed by atoms with Gasteiger partial charge in [-0.3, -0.25) is 4.98 Å². The summed E-state index contributed by atoms with van der Waals surface area (Å²) in [6, 6.07) is 8.25. The van der Waals surface area contributed by atoms with Crippen molar-refractivity contribution in [3.63, 3.8) is 0 Å². The number of H-pyrrole nitrogens is 1.